The predicted molar refractivity (Wildman–Crippen MR) is 236 cm³/mol. The molecule has 3 saturated heterocycles. The van der Waals surface area contributed by atoms with Gasteiger partial charge in [0.2, 0.25) is 0 Å². The van der Waals surface area contributed by atoms with Crippen molar-refractivity contribution < 1.29 is 68.3 Å². The Morgan fingerprint density at radius 1 is 0.873 bits per heavy atom. The number of hydrogen-bond donors (Lipinski definition) is 5. The van der Waals surface area contributed by atoms with Crippen LogP contribution >= 0.6 is 0 Å². The maximum absolute atomic E-state index is 14.4. The number of nitrogens with zero attached hydrogens (tertiary/aromatic N) is 2. The van der Waals surface area contributed by atoms with Gasteiger partial charge in [-0.1, -0.05) is 51.0 Å². The van der Waals surface area contributed by atoms with Crippen molar-refractivity contribution in [1.29, 1.82) is 0 Å². The van der Waals surface area contributed by atoms with Crippen LogP contribution in [-0.4, -0.2) is 161 Å². The number of rotatable bonds is 14. The van der Waals surface area contributed by atoms with Gasteiger partial charge in [0.15, 0.2) is 12.6 Å². The van der Waals surface area contributed by atoms with Crippen LogP contribution in [0.3, 0.4) is 0 Å². The first-order valence-corrected chi connectivity index (χ1v) is 22.9. The molecule has 362 valence electrons. The second kappa shape index (κ2) is 22.8. The van der Waals surface area contributed by atoms with E-state index in [4.69, 9.17) is 38.0 Å². The minimum absolute atomic E-state index is 0.00253. The number of cyclic esters (lactones) is 1. The number of hydrogen-bond acceptors (Lipinski definition) is 16. The van der Waals surface area contributed by atoms with E-state index < -0.39 is 102 Å². The highest BCUT2D eigenvalue weighted by molar-refractivity contribution is 5.88. The summed E-state index contributed by atoms with van der Waals surface area (Å²) < 4.78 is 43.7. The number of aliphatic hydroxyl groups is 5. The molecule has 0 spiro atoms. The number of para-hydroxylation sites is 1. The Kier molecular flexibility index (Phi) is 19.2. The Labute approximate surface area is 375 Å². The Morgan fingerprint density at radius 3 is 2.14 bits per heavy atom. The van der Waals surface area contributed by atoms with Crippen molar-refractivity contribution >= 4 is 11.7 Å². The maximum atomic E-state index is 14.4. The third-order valence-electron chi connectivity index (χ3n) is 13.7. The van der Waals surface area contributed by atoms with Gasteiger partial charge in [-0.15, -0.1) is 0 Å². The molecule has 18 atom stereocenters. The number of ether oxygens (including phenoxy) is 7. The van der Waals surface area contributed by atoms with Gasteiger partial charge in [0.25, 0.3) is 0 Å². The predicted octanol–water partition coefficient (Wildman–Crippen LogP) is 4.45. The van der Waals surface area contributed by atoms with Crippen molar-refractivity contribution in [1.82, 2.24) is 4.90 Å². The minimum Gasteiger partial charge on any atom is -0.494 e. The summed E-state index contributed by atoms with van der Waals surface area (Å²) in [5.41, 5.74) is -4.40. The minimum atomic E-state index is -1.95. The lowest BCUT2D eigenvalue weighted by molar-refractivity contribution is -0.317. The van der Waals surface area contributed by atoms with Crippen LogP contribution in [0.2, 0.25) is 0 Å². The van der Waals surface area contributed by atoms with Gasteiger partial charge in [-0.3, -0.25) is 4.79 Å². The zero-order valence-electron chi connectivity index (χ0n) is 40.0. The summed E-state index contributed by atoms with van der Waals surface area (Å²) in [4.78, 5) is 22.2. The third kappa shape index (κ3) is 13.1. The Bertz CT molecular complexity index is 1580. The van der Waals surface area contributed by atoms with Gasteiger partial charge in [-0.25, -0.2) is 0 Å². The number of carbonyl (C=O) groups is 1. The maximum Gasteiger partial charge on any atom is 0.311 e. The number of esters is 1. The van der Waals surface area contributed by atoms with E-state index in [1.807, 2.05) is 63.2 Å². The molecule has 16 heteroatoms. The first-order chi connectivity index (χ1) is 29.5. The summed E-state index contributed by atoms with van der Waals surface area (Å²) in [6, 6.07) is 9.20. The van der Waals surface area contributed by atoms with E-state index in [9.17, 15) is 30.3 Å². The lowest BCUT2D eigenvalue weighted by atomic mass is 9.73. The van der Waals surface area contributed by atoms with Crippen molar-refractivity contribution in [3.05, 3.63) is 30.3 Å². The third-order valence-corrected chi connectivity index (χ3v) is 13.7. The molecule has 63 heavy (non-hydrogen) atoms. The van der Waals surface area contributed by atoms with Crippen molar-refractivity contribution in [3.63, 3.8) is 0 Å². The van der Waals surface area contributed by atoms with Crippen molar-refractivity contribution in [2.45, 2.75) is 192 Å². The summed E-state index contributed by atoms with van der Waals surface area (Å²) in [5, 5.41) is 64.2. The molecule has 0 bridgehead atoms. The van der Waals surface area contributed by atoms with E-state index in [0.29, 0.717) is 31.6 Å². The molecular weight excluding hydrogens is 817 g/mol. The Morgan fingerprint density at radius 2 is 1.52 bits per heavy atom. The highest BCUT2D eigenvalue weighted by Gasteiger charge is 2.53. The number of oxime groups is 1. The molecular formula is C47H80N2O14. The Hall–Kier alpha value is -2.48. The second-order valence-corrected chi connectivity index (χ2v) is 19.3. The number of likely N-dealkylation sites (N-methyl/N-ethyl adjacent to an activating group) is 1. The van der Waals surface area contributed by atoms with Crippen LogP contribution in [0.4, 0.5) is 0 Å². The number of unbranched alkanes of at least 4 members (excludes halogenated alkanes) is 1. The quantitative estimate of drug-likeness (QED) is 0.0994. The number of benzene rings is 1. The van der Waals surface area contributed by atoms with Gasteiger partial charge >= 0.3 is 5.97 Å². The van der Waals surface area contributed by atoms with Crippen LogP contribution in [0.25, 0.3) is 0 Å². The summed E-state index contributed by atoms with van der Waals surface area (Å²) in [6.07, 6.45) is -8.06. The fourth-order valence-corrected chi connectivity index (χ4v) is 9.69. The van der Waals surface area contributed by atoms with Gasteiger partial charge < -0.3 is 68.4 Å². The molecule has 0 amide bonds. The molecule has 1 aromatic carbocycles. The van der Waals surface area contributed by atoms with E-state index in [1.165, 1.54) is 14.0 Å². The topological polar surface area (TPSA) is 208 Å². The summed E-state index contributed by atoms with van der Waals surface area (Å²) >= 11 is 0. The molecule has 0 aliphatic carbocycles. The van der Waals surface area contributed by atoms with Gasteiger partial charge in [-0.05, 0) is 99.9 Å². The van der Waals surface area contributed by atoms with Crippen LogP contribution in [0, 0.1) is 23.7 Å². The molecule has 3 fully saturated rings. The number of carbonyl (C=O) groups excluding carboxylic acids is 1. The fourth-order valence-electron chi connectivity index (χ4n) is 9.69. The molecule has 16 nitrogen and oxygen atoms in total. The van der Waals surface area contributed by atoms with Crippen molar-refractivity contribution in [2.24, 2.45) is 28.8 Å². The van der Waals surface area contributed by atoms with E-state index in [0.717, 1.165) is 5.75 Å². The van der Waals surface area contributed by atoms with Crippen LogP contribution in [0.5, 0.6) is 5.75 Å². The van der Waals surface area contributed by atoms with E-state index >= 15 is 0 Å². The van der Waals surface area contributed by atoms with Crippen LogP contribution in [0.15, 0.2) is 35.5 Å². The first-order valence-electron chi connectivity index (χ1n) is 22.9. The monoisotopic (exact) mass is 897 g/mol. The zero-order valence-corrected chi connectivity index (χ0v) is 40.0. The average molecular weight is 897 g/mol. The first kappa shape index (κ1) is 53.1. The molecule has 1 aromatic rings. The van der Waals surface area contributed by atoms with Gasteiger partial charge in [0.1, 0.15) is 36.3 Å². The summed E-state index contributed by atoms with van der Waals surface area (Å²) in [7, 11) is 5.24. The Balaban J connectivity index is 1.77. The molecule has 3 aliphatic rings. The van der Waals surface area contributed by atoms with Gasteiger partial charge in [0.05, 0.1) is 60.0 Å². The molecule has 0 saturated carbocycles. The molecule has 4 rings (SSSR count). The normalized spacial score (nSPS) is 43.0. The average Bonchev–Trinajstić information content (AvgIpc) is 3.23. The fraction of sp³-hybridized carbons (Fsp3) is 0.830. The standard InChI is InChI=1S/C47H80N2O14/c1-14-35-47(10,55)40(51)29(4)37(48-58-23-19-18-22-57-33-20-16-15-17-21-33)27(2)25-45(8,54)42(63-44-38(50)34(49(11)12)24-28(3)59-44)30(5)39(31(6)43(53)61-35)62-36-26-46(9,56-13)41(52)32(7)60-36/h15-17,20-21,27-32,34-36,38-42,44,50-52,54-55H,14,18-19,22-26H2,1-13H3/b48-37+/t27-,28-,29+,30+,31-,32+,34+,35-,36+,38-,39+,40-,41+,42-,44+,45-,46-,47-/m1/s1. The molecule has 5 N–H and O–H groups in total. The largest absolute Gasteiger partial charge is 0.494 e. The van der Waals surface area contributed by atoms with E-state index in [-0.39, 0.29) is 38.0 Å². The van der Waals surface area contributed by atoms with Crippen LogP contribution in [-0.2, 0) is 38.1 Å². The van der Waals surface area contributed by atoms with E-state index in [1.54, 1.807) is 48.5 Å². The smallest absolute Gasteiger partial charge is 0.311 e. The summed E-state index contributed by atoms with van der Waals surface area (Å²) in [6.45, 7) is 17.9. The summed E-state index contributed by atoms with van der Waals surface area (Å²) in [5.74, 6) is -3.27. The lowest BCUT2D eigenvalue weighted by Crippen LogP contribution is -2.61. The van der Waals surface area contributed by atoms with Gasteiger partial charge in [-0.2, -0.15) is 0 Å². The highest BCUT2D eigenvalue weighted by Crippen LogP contribution is 2.41. The van der Waals surface area contributed by atoms with E-state index in [2.05, 4.69) is 5.16 Å². The zero-order chi connectivity index (χ0) is 47.0. The van der Waals surface area contributed by atoms with Crippen LogP contribution in [0.1, 0.15) is 108 Å². The van der Waals surface area contributed by atoms with Gasteiger partial charge in [0, 0.05) is 37.3 Å². The molecule has 3 aliphatic heterocycles. The lowest BCUT2D eigenvalue weighted by Gasteiger charge is -2.49. The highest BCUT2D eigenvalue weighted by atomic mass is 16.7. The molecule has 0 aromatic heterocycles. The second-order valence-electron chi connectivity index (χ2n) is 19.3. The molecule has 0 radical (unpaired) electrons. The number of aliphatic hydroxyl groups excluding tert-OH is 3. The molecule has 0 unspecified atom stereocenters. The van der Waals surface area contributed by atoms with Crippen molar-refractivity contribution in [2.75, 3.05) is 34.4 Å². The van der Waals surface area contributed by atoms with Crippen LogP contribution < -0.4 is 4.74 Å². The molecule has 3 heterocycles. The van der Waals surface area contributed by atoms with Crippen molar-refractivity contribution in [3.8, 4) is 5.75 Å². The number of methoxy groups -OCH3 is 1. The SMILES string of the molecule is CC[C@H]1OC(=O)[C@H](C)[C@@H](O[C@H]2C[C@@](C)(OC)[C@@H](O)[C@H](C)O2)[C@H](C)[C@@H](O[C@@H]2O[C@H](C)C[C@H](N(C)C)[C@H]2O)[C@](C)(O)C[C@@H](C)/C(=N\OCCCCOc2ccccc2)[C@H](C)[C@@H](O)[C@]1(C)O.